The highest BCUT2D eigenvalue weighted by atomic mass is 32.2. The minimum Gasteiger partial charge on any atom is -0.389 e. The summed E-state index contributed by atoms with van der Waals surface area (Å²) >= 11 is 1.56. The number of hydrogen-bond acceptors (Lipinski definition) is 4. The van der Waals surface area contributed by atoms with Gasteiger partial charge in [-0.1, -0.05) is 60.3 Å². The van der Waals surface area contributed by atoms with Crippen LogP contribution in [0.3, 0.4) is 0 Å². The van der Waals surface area contributed by atoms with Gasteiger partial charge in [-0.25, -0.2) is 0 Å². The Hall–Kier alpha value is -3.95. The Morgan fingerprint density at radius 1 is 1.00 bits per heavy atom. The van der Waals surface area contributed by atoms with Crippen LogP contribution in [0, 0.1) is 11.3 Å². The highest BCUT2D eigenvalue weighted by Crippen LogP contribution is 2.33. The number of H-pyrrole nitrogens is 1. The number of anilines is 1. The molecule has 0 aliphatic heterocycles. The van der Waals surface area contributed by atoms with Crippen molar-refractivity contribution in [2.24, 2.45) is 0 Å². The van der Waals surface area contributed by atoms with Crippen LogP contribution in [0.25, 0.3) is 10.9 Å². The summed E-state index contributed by atoms with van der Waals surface area (Å²) in [6.45, 7) is 0.612. The lowest BCUT2D eigenvalue weighted by molar-refractivity contribution is -0.112. The van der Waals surface area contributed by atoms with Crippen LogP contribution in [-0.4, -0.2) is 17.4 Å². The second-order valence-electron chi connectivity index (χ2n) is 7.10. The molecule has 0 atom stereocenters. The zero-order valence-corrected chi connectivity index (χ0v) is 18.2. The maximum atomic E-state index is 12.7. The number of nitrogens with one attached hydrogen (secondary N) is 3. The number of fused-ring (bicyclic) bond motifs is 1. The number of rotatable bonds is 8. The van der Waals surface area contributed by atoms with E-state index in [0.717, 1.165) is 21.7 Å². The molecular weight excluding hydrogens is 416 g/mol. The van der Waals surface area contributed by atoms with Gasteiger partial charge in [0.25, 0.3) is 5.91 Å². The Morgan fingerprint density at radius 2 is 1.75 bits per heavy atom. The number of carbonyl (C=O) groups is 1. The molecule has 0 spiro atoms. The molecule has 4 aromatic rings. The zero-order valence-electron chi connectivity index (χ0n) is 17.3. The molecule has 0 aliphatic rings. The number of aromatic amines is 1. The van der Waals surface area contributed by atoms with Gasteiger partial charge in [-0.15, -0.1) is 0 Å². The van der Waals surface area contributed by atoms with Crippen molar-refractivity contribution in [2.45, 2.75) is 16.2 Å². The third-order valence-corrected chi connectivity index (χ3v) is 6.02. The molecule has 0 saturated carbocycles. The van der Waals surface area contributed by atoms with E-state index in [0.29, 0.717) is 12.2 Å². The Bertz CT molecular complexity index is 1290. The number of nitrogens with zero attached hydrogens (tertiary/aromatic N) is 1. The van der Waals surface area contributed by atoms with Gasteiger partial charge in [0.15, 0.2) is 0 Å². The molecule has 0 unspecified atom stereocenters. The molecule has 32 heavy (non-hydrogen) atoms. The number of amides is 1. The number of hydrogen-bond donors (Lipinski definition) is 3. The lowest BCUT2D eigenvalue weighted by atomic mass is 10.1. The summed E-state index contributed by atoms with van der Waals surface area (Å²) in [6.07, 6.45) is 4.25. The van der Waals surface area contributed by atoms with Gasteiger partial charge in [-0.05, 0) is 42.3 Å². The van der Waals surface area contributed by atoms with Gasteiger partial charge in [0, 0.05) is 39.6 Å². The molecule has 1 heterocycles. The third-order valence-electron chi connectivity index (χ3n) is 4.93. The fourth-order valence-corrected chi connectivity index (χ4v) is 4.25. The quantitative estimate of drug-likeness (QED) is 0.193. The molecule has 1 amide bonds. The topological polar surface area (TPSA) is 80.7 Å². The Balaban J connectivity index is 1.38. The molecule has 0 radical (unpaired) electrons. The second-order valence-corrected chi connectivity index (χ2v) is 8.21. The lowest BCUT2D eigenvalue weighted by Crippen LogP contribution is -2.18. The van der Waals surface area contributed by atoms with Crippen LogP contribution in [0.1, 0.15) is 5.56 Å². The number of aromatic nitrogens is 1. The van der Waals surface area contributed by atoms with Gasteiger partial charge in [-0.2, -0.15) is 5.26 Å². The van der Waals surface area contributed by atoms with Crippen LogP contribution < -0.4 is 10.6 Å². The highest BCUT2D eigenvalue weighted by Gasteiger charge is 2.12. The normalized spacial score (nSPS) is 11.2. The Labute approximate surface area is 191 Å². The van der Waals surface area contributed by atoms with E-state index in [1.54, 1.807) is 11.8 Å². The third kappa shape index (κ3) is 5.20. The largest absolute Gasteiger partial charge is 0.389 e. The molecule has 6 heteroatoms. The average molecular weight is 439 g/mol. The van der Waals surface area contributed by atoms with Crippen molar-refractivity contribution >= 4 is 34.3 Å². The van der Waals surface area contributed by atoms with Crippen molar-refractivity contribution < 1.29 is 4.79 Å². The number of nitriles is 1. The summed E-state index contributed by atoms with van der Waals surface area (Å²) in [5.74, 6) is -0.437. The fraction of sp³-hybridized carbons (Fsp3) is 0.0769. The van der Waals surface area contributed by atoms with E-state index < -0.39 is 5.91 Å². The predicted molar refractivity (Wildman–Crippen MR) is 129 cm³/mol. The first kappa shape index (κ1) is 21.3. The van der Waals surface area contributed by atoms with Crippen molar-refractivity contribution in [2.75, 3.05) is 11.9 Å². The van der Waals surface area contributed by atoms with Crippen molar-refractivity contribution in [1.82, 2.24) is 10.3 Å². The standard InChI is InChI=1S/C26H22N4OS/c27-16-20(17-28-15-14-19-18-29-23-11-5-4-10-22(19)23)26(31)30-24-12-6-7-13-25(24)32-21-8-2-1-3-9-21/h1-13,17-18,28-29H,14-15H2,(H,30,31)/b20-17-. The molecule has 4 rings (SSSR count). The summed E-state index contributed by atoms with van der Waals surface area (Å²) in [4.78, 5) is 17.9. The van der Waals surface area contributed by atoms with Gasteiger partial charge in [0.2, 0.25) is 0 Å². The van der Waals surface area contributed by atoms with Gasteiger partial charge < -0.3 is 15.6 Å². The van der Waals surface area contributed by atoms with E-state index in [1.807, 2.05) is 85.1 Å². The molecule has 5 nitrogen and oxygen atoms in total. The van der Waals surface area contributed by atoms with Crippen LogP contribution in [0.5, 0.6) is 0 Å². The fourth-order valence-electron chi connectivity index (χ4n) is 3.33. The molecular formula is C26H22N4OS. The first-order chi connectivity index (χ1) is 15.7. The SMILES string of the molecule is N#C/C(=C/NCCc1c[nH]c2ccccc12)C(=O)Nc1ccccc1Sc1ccccc1. The summed E-state index contributed by atoms with van der Waals surface area (Å²) in [5.41, 5.74) is 2.99. The van der Waals surface area contributed by atoms with Gasteiger partial charge in [0.1, 0.15) is 11.6 Å². The number of benzene rings is 3. The van der Waals surface area contributed by atoms with Crippen LogP contribution in [-0.2, 0) is 11.2 Å². The van der Waals surface area contributed by atoms with Crippen molar-refractivity contribution in [3.8, 4) is 6.07 Å². The van der Waals surface area contributed by atoms with E-state index in [-0.39, 0.29) is 5.57 Å². The van der Waals surface area contributed by atoms with Gasteiger partial charge in [0.05, 0.1) is 5.69 Å². The predicted octanol–water partition coefficient (Wildman–Crippen LogP) is 5.50. The Kier molecular flexibility index (Phi) is 6.91. The molecule has 1 aromatic heterocycles. The molecule has 0 saturated heterocycles. The summed E-state index contributed by atoms with van der Waals surface area (Å²) < 4.78 is 0. The first-order valence-electron chi connectivity index (χ1n) is 10.3. The monoisotopic (exact) mass is 438 g/mol. The van der Waals surface area contributed by atoms with Crippen LogP contribution in [0.4, 0.5) is 5.69 Å². The smallest absolute Gasteiger partial charge is 0.267 e. The van der Waals surface area contributed by atoms with Crippen LogP contribution in [0.15, 0.2) is 107 Å². The minimum absolute atomic E-state index is 0.0310. The highest BCUT2D eigenvalue weighted by molar-refractivity contribution is 7.99. The molecule has 0 bridgehead atoms. The molecule has 158 valence electrons. The minimum atomic E-state index is -0.437. The first-order valence-corrected chi connectivity index (χ1v) is 11.1. The maximum Gasteiger partial charge on any atom is 0.267 e. The van der Waals surface area contributed by atoms with Gasteiger partial charge >= 0.3 is 0 Å². The molecule has 3 aromatic carbocycles. The lowest BCUT2D eigenvalue weighted by Gasteiger charge is -2.10. The van der Waals surface area contributed by atoms with E-state index in [9.17, 15) is 10.1 Å². The van der Waals surface area contributed by atoms with Gasteiger partial charge in [-0.3, -0.25) is 4.79 Å². The zero-order chi connectivity index (χ0) is 22.2. The molecule has 3 N–H and O–H groups in total. The number of para-hydroxylation sites is 2. The van der Waals surface area contributed by atoms with E-state index >= 15 is 0 Å². The molecule has 0 aliphatic carbocycles. The van der Waals surface area contributed by atoms with Crippen molar-refractivity contribution in [1.29, 1.82) is 5.26 Å². The average Bonchev–Trinajstić information content (AvgIpc) is 3.24. The number of carbonyl (C=O) groups excluding carboxylic acids is 1. The van der Waals surface area contributed by atoms with Crippen LogP contribution >= 0.6 is 11.8 Å². The van der Waals surface area contributed by atoms with Crippen molar-refractivity contribution in [3.63, 3.8) is 0 Å². The summed E-state index contributed by atoms with van der Waals surface area (Å²) in [7, 11) is 0. The van der Waals surface area contributed by atoms with E-state index in [4.69, 9.17) is 0 Å². The van der Waals surface area contributed by atoms with Crippen LogP contribution in [0.2, 0.25) is 0 Å². The Morgan fingerprint density at radius 3 is 2.59 bits per heavy atom. The summed E-state index contributed by atoms with van der Waals surface area (Å²) in [5, 5.41) is 16.6. The second kappa shape index (κ2) is 10.4. The molecule has 0 fully saturated rings. The van der Waals surface area contributed by atoms with E-state index in [1.165, 1.54) is 17.1 Å². The summed E-state index contributed by atoms with van der Waals surface area (Å²) in [6, 6.07) is 27.6. The maximum absolute atomic E-state index is 12.7. The van der Waals surface area contributed by atoms with E-state index in [2.05, 4.69) is 21.7 Å². The van der Waals surface area contributed by atoms with Crippen molar-refractivity contribution in [3.05, 3.63) is 102 Å².